The SMILES string of the molecule is CC[C@@H](Oc1cc(C)ccc1C)C(=O)Nc1ccc(OC)c(Cl)c1. The smallest absolute Gasteiger partial charge is 0.265 e. The monoisotopic (exact) mass is 347 g/mol. The molecule has 0 aromatic heterocycles. The van der Waals surface area contributed by atoms with Gasteiger partial charge >= 0.3 is 0 Å². The van der Waals surface area contributed by atoms with Crippen molar-refractivity contribution in [2.45, 2.75) is 33.3 Å². The Morgan fingerprint density at radius 1 is 1.17 bits per heavy atom. The summed E-state index contributed by atoms with van der Waals surface area (Å²) < 4.78 is 11.0. The van der Waals surface area contributed by atoms with E-state index in [1.165, 1.54) is 0 Å². The highest BCUT2D eigenvalue weighted by atomic mass is 35.5. The molecule has 0 saturated carbocycles. The minimum Gasteiger partial charge on any atom is -0.495 e. The molecule has 2 rings (SSSR count). The average Bonchev–Trinajstić information content (AvgIpc) is 2.55. The third kappa shape index (κ3) is 4.42. The van der Waals surface area contributed by atoms with Crippen molar-refractivity contribution in [2.24, 2.45) is 0 Å². The number of benzene rings is 2. The summed E-state index contributed by atoms with van der Waals surface area (Å²) in [5.74, 6) is 1.08. The number of amides is 1. The molecule has 2 aromatic rings. The van der Waals surface area contributed by atoms with Crippen molar-refractivity contribution in [3.8, 4) is 11.5 Å². The van der Waals surface area contributed by atoms with Gasteiger partial charge in [-0.15, -0.1) is 0 Å². The molecule has 0 saturated heterocycles. The molecule has 0 aliphatic carbocycles. The highest BCUT2D eigenvalue weighted by Crippen LogP contribution is 2.27. The molecule has 1 amide bonds. The minimum absolute atomic E-state index is 0.209. The number of carbonyl (C=O) groups excluding carboxylic acids is 1. The van der Waals surface area contributed by atoms with Gasteiger partial charge in [0.25, 0.3) is 5.91 Å². The Hall–Kier alpha value is -2.20. The molecular formula is C19H22ClNO3. The molecule has 128 valence electrons. The van der Waals surface area contributed by atoms with Crippen molar-refractivity contribution in [3.63, 3.8) is 0 Å². The van der Waals surface area contributed by atoms with Crippen molar-refractivity contribution in [1.82, 2.24) is 0 Å². The maximum Gasteiger partial charge on any atom is 0.265 e. The molecule has 24 heavy (non-hydrogen) atoms. The van der Waals surface area contributed by atoms with Gasteiger partial charge in [0, 0.05) is 5.69 Å². The lowest BCUT2D eigenvalue weighted by Gasteiger charge is -2.19. The van der Waals surface area contributed by atoms with Gasteiger partial charge in [-0.05, 0) is 55.7 Å². The van der Waals surface area contributed by atoms with Crippen LogP contribution in [0, 0.1) is 13.8 Å². The van der Waals surface area contributed by atoms with Crippen LogP contribution in [0.4, 0.5) is 5.69 Å². The normalized spacial score (nSPS) is 11.7. The first-order valence-electron chi connectivity index (χ1n) is 7.83. The van der Waals surface area contributed by atoms with E-state index in [-0.39, 0.29) is 5.91 Å². The van der Waals surface area contributed by atoms with Crippen molar-refractivity contribution < 1.29 is 14.3 Å². The van der Waals surface area contributed by atoms with Crippen LogP contribution in [0.3, 0.4) is 0 Å². The molecule has 0 fully saturated rings. The highest BCUT2D eigenvalue weighted by molar-refractivity contribution is 6.32. The molecule has 5 heteroatoms. The van der Waals surface area contributed by atoms with Crippen LogP contribution in [0.25, 0.3) is 0 Å². The summed E-state index contributed by atoms with van der Waals surface area (Å²) in [6, 6.07) is 11.1. The van der Waals surface area contributed by atoms with Crippen LogP contribution in [0.15, 0.2) is 36.4 Å². The van der Waals surface area contributed by atoms with E-state index in [4.69, 9.17) is 21.1 Å². The number of halogens is 1. The van der Waals surface area contributed by atoms with Crippen LogP contribution in [0.2, 0.25) is 5.02 Å². The molecule has 0 radical (unpaired) electrons. The summed E-state index contributed by atoms with van der Waals surface area (Å²) in [5.41, 5.74) is 2.70. The number of anilines is 1. The predicted octanol–water partition coefficient (Wildman–Crippen LogP) is 4.76. The van der Waals surface area contributed by atoms with E-state index in [0.29, 0.717) is 22.9 Å². The topological polar surface area (TPSA) is 47.6 Å². The molecule has 0 bridgehead atoms. The van der Waals surface area contributed by atoms with E-state index >= 15 is 0 Å². The average molecular weight is 348 g/mol. The fourth-order valence-corrected chi connectivity index (χ4v) is 2.53. The number of aryl methyl sites for hydroxylation is 2. The number of carbonyl (C=O) groups is 1. The summed E-state index contributed by atoms with van der Waals surface area (Å²) in [5, 5.41) is 3.28. The quantitative estimate of drug-likeness (QED) is 0.819. The highest BCUT2D eigenvalue weighted by Gasteiger charge is 2.20. The first-order chi connectivity index (χ1) is 11.4. The third-order valence-electron chi connectivity index (χ3n) is 3.70. The standard InChI is InChI=1S/C19H22ClNO3/c1-5-16(24-18-10-12(2)6-7-13(18)3)19(22)21-14-8-9-17(23-4)15(20)11-14/h6-11,16H,5H2,1-4H3,(H,21,22)/t16-/m1/s1. The molecule has 1 N–H and O–H groups in total. The van der Waals surface area contributed by atoms with Crippen LogP contribution < -0.4 is 14.8 Å². The fourth-order valence-electron chi connectivity index (χ4n) is 2.28. The summed E-state index contributed by atoms with van der Waals surface area (Å²) in [4.78, 5) is 12.5. The zero-order valence-corrected chi connectivity index (χ0v) is 15.1. The molecule has 1 atom stereocenters. The van der Waals surface area contributed by atoms with Gasteiger partial charge in [0.2, 0.25) is 0 Å². The molecule has 2 aromatic carbocycles. The Kier molecular flexibility index (Phi) is 6.10. The number of rotatable bonds is 6. The summed E-state index contributed by atoms with van der Waals surface area (Å²) >= 11 is 6.09. The number of ether oxygens (including phenoxy) is 2. The molecular weight excluding hydrogens is 326 g/mol. The third-order valence-corrected chi connectivity index (χ3v) is 3.99. The van der Waals surface area contributed by atoms with Gasteiger partial charge in [0.05, 0.1) is 12.1 Å². The van der Waals surface area contributed by atoms with Gasteiger partial charge < -0.3 is 14.8 Å². The lowest BCUT2D eigenvalue weighted by Crippen LogP contribution is -2.32. The first-order valence-corrected chi connectivity index (χ1v) is 8.20. The summed E-state index contributed by atoms with van der Waals surface area (Å²) in [6.45, 7) is 5.87. The minimum atomic E-state index is -0.577. The molecule has 4 nitrogen and oxygen atoms in total. The van der Waals surface area contributed by atoms with Crippen LogP contribution in [-0.2, 0) is 4.79 Å². The van der Waals surface area contributed by atoms with Gasteiger partial charge in [0.15, 0.2) is 6.10 Å². The largest absolute Gasteiger partial charge is 0.495 e. The first kappa shape index (κ1) is 18.1. The number of nitrogens with one attached hydrogen (secondary N) is 1. The van der Waals surface area contributed by atoms with Crippen LogP contribution in [0.5, 0.6) is 11.5 Å². The zero-order valence-electron chi connectivity index (χ0n) is 14.4. The lowest BCUT2D eigenvalue weighted by molar-refractivity contribution is -0.122. The second-order valence-electron chi connectivity index (χ2n) is 5.62. The van der Waals surface area contributed by atoms with E-state index in [1.807, 2.05) is 39.0 Å². The van der Waals surface area contributed by atoms with E-state index in [0.717, 1.165) is 16.9 Å². The Morgan fingerprint density at radius 2 is 1.92 bits per heavy atom. The van der Waals surface area contributed by atoms with Gasteiger partial charge in [0.1, 0.15) is 11.5 Å². The van der Waals surface area contributed by atoms with E-state index in [2.05, 4.69) is 5.32 Å². The molecule has 0 unspecified atom stereocenters. The van der Waals surface area contributed by atoms with Crippen molar-refractivity contribution in [2.75, 3.05) is 12.4 Å². The molecule has 0 heterocycles. The number of hydrogen-bond donors (Lipinski definition) is 1. The maximum atomic E-state index is 12.5. The van der Waals surface area contributed by atoms with E-state index in [9.17, 15) is 4.79 Å². The Morgan fingerprint density at radius 3 is 2.54 bits per heavy atom. The van der Waals surface area contributed by atoms with Crippen LogP contribution >= 0.6 is 11.6 Å². The summed E-state index contributed by atoms with van der Waals surface area (Å²) in [7, 11) is 1.55. The fraction of sp³-hybridized carbons (Fsp3) is 0.316. The van der Waals surface area contributed by atoms with E-state index < -0.39 is 6.10 Å². The lowest BCUT2D eigenvalue weighted by atomic mass is 10.1. The number of hydrogen-bond acceptors (Lipinski definition) is 3. The van der Waals surface area contributed by atoms with Gasteiger partial charge in [-0.2, -0.15) is 0 Å². The molecule has 0 aliphatic heterocycles. The van der Waals surface area contributed by atoms with Crippen molar-refractivity contribution in [1.29, 1.82) is 0 Å². The maximum absolute atomic E-state index is 12.5. The second kappa shape index (κ2) is 8.06. The Labute approximate surface area is 147 Å². The van der Waals surface area contributed by atoms with Crippen molar-refractivity contribution >= 4 is 23.2 Å². The molecule has 0 spiro atoms. The van der Waals surface area contributed by atoms with Gasteiger partial charge in [-0.25, -0.2) is 0 Å². The number of methoxy groups -OCH3 is 1. The second-order valence-corrected chi connectivity index (χ2v) is 6.03. The summed E-state index contributed by atoms with van der Waals surface area (Å²) in [6.07, 6.45) is -0.0188. The van der Waals surface area contributed by atoms with E-state index in [1.54, 1.807) is 25.3 Å². The predicted molar refractivity (Wildman–Crippen MR) is 97.3 cm³/mol. The van der Waals surface area contributed by atoms with Crippen LogP contribution in [-0.4, -0.2) is 19.1 Å². The van der Waals surface area contributed by atoms with Crippen molar-refractivity contribution in [3.05, 3.63) is 52.5 Å². The Bertz CT molecular complexity index is 731. The van der Waals surface area contributed by atoms with Gasteiger partial charge in [-0.3, -0.25) is 4.79 Å². The molecule has 0 aliphatic rings. The Balaban J connectivity index is 2.11. The van der Waals surface area contributed by atoms with Crippen LogP contribution in [0.1, 0.15) is 24.5 Å². The zero-order chi connectivity index (χ0) is 17.7. The van der Waals surface area contributed by atoms with Gasteiger partial charge in [-0.1, -0.05) is 30.7 Å².